The smallest absolute Gasteiger partial charge is 0.220 e. The van der Waals surface area contributed by atoms with E-state index in [1.165, 1.54) is 0 Å². The second kappa shape index (κ2) is 6.79. The van der Waals surface area contributed by atoms with E-state index < -0.39 is 0 Å². The summed E-state index contributed by atoms with van der Waals surface area (Å²) < 4.78 is 1.73. The second-order valence-electron chi connectivity index (χ2n) is 4.74. The molecule has 0 aliphatic heterocycles. The van der Waals surface area contributed by atoms with Crippen LogP contribution in [0.15, 0.2) is 30.3 Å². The Morgan fingerprint density at radius 1 is 1.35 bits per heavy atom. The molecule has 20 heavy (non-hydrogen) atoms. The molecule has 6 nitrogen and oxygen atoms in total. The highest BCUT2D eigenvalue weighted by Gasteiger charge is 2.14. The van der Waals surface area contributed by atoms with Gasteiger partial charge in [0.05, 0.1) is 5.69 Å². The van der Waals surface area contributed by atoms with Crippen LogP contribution < -0.4 is 5.73 Å². The van der Waals surface area contributed by atoms with Gasteiger partial charge in [0, 0.05) is 12.3 Å². The summed E-state index contributed by atoms with van der Waals surface area (Å²) in [5, 5.41) is 11.8. The highest BCUT2D eigenvalue weighted by molar-refractivity contribution is 5.76. The van der Waals surface area contributed by atoms with Crippen molar-refractivity contribution in [1.82, 2.24) is 20.2 Å². The minimum absolute atomic E-state index is 0.0592. The lowest BCUT2D eigenvalue weighted by Crippen LogP contribution is -2.22. The molecule has 6 heteroatoms. The Bertz CT molecular complexity index is 552. The van der Waals surface area contributed by atoms with Crippen molar-refractivity contribution in [3.8, 4) is 5.69 Å². The Kier molecular flexibility index (Phi) is 4.81. The highest BCUT2D eigenvalue weighted by atomic mass is 16.1. The van der Waals surface area contributed by atoms with Gasteiger partial charge in [-0.2, -0.15) is 4.68 Å². The van der Waals surface area contributed by atoms with E-state index in [0.717, 1.165) is 37.2 Å². The number of benzene rings is 1. The number of aryl methyl sites for hydroxylation is 1. The summed E-state index contributed by atoms with van der Waals surface area (Å²) in [4.78, 5) is 11.2. The SMILES string of the molecule is CCC(CCCc1nnnn1-c1ccccc1)C(N)=O. The molecule has 1 amide bonds. The van der Waals surface area contributed by atoms with Gasteiger partial charge in [-0.25, -0.2) is 0 Å². The fourth-order valence-corrected chi connectivity index (χ4v) is 2.19. The molecule has 1 heterocycles. The van der Waals surface area contributed by atoms with Crippen LogP contribution in [0.4, 0.5) is 0 Å². The zero-order chi connectivity index (χ0) is 14.4. The van der Waals surface area contributed by atoms with Crippen molar-refractivity contribution in [2.45, 2.75) is 32.6 Å². The maximum absolute atomic E-state index is 11.2. The van der Waals surface area contributed by atoms with E-state index in [0.29, 0.717) is 0 Å². The van der Waals surface area contributed by atoms with Gasteiger partial charge in [-0.05, 0) is 41.8 Å². The van der Waals surface area contributed by atoms with Crippen molar-refractivity contribution in [3.63, 3.8) is 0 Å². The Balaban J connectivity index is 1.98. The van der Waals surface area contributed by atoms with Crippen molar-refractivity contribution in [1.29, 1.82) is 0 Å². The average Bonchev–Trinajstić information content (AvgIpc) is 2.92. The molecule has 0 spiro atoms. The summed E-state index contributed by atoms with van der Waals surface area (Å²) in [5.41, 5.74) is 6.28. The average molecular weight is 273 g/mol. The van der Waals surface area contributed by atoms with E-state index in [2.05, 4.69) is 15.5 Å². The first-order valence-corrected chi connectivity index (χ1v) is 6.84. The zero-order valence-corrected chi connectivity index (χ0v) is 11.6. The number of hydrogen-bond acceptors (Lipinski definition) is 4. The fraction of sp³-hybridized carbons (Fsp3) is 0.429. The predicted octanol–water partition coefficient (Wildman–Crippen LogP) is 1.50. The molecule has 0 saturated carbocycles. The summed E-state index contributed by atoms with van der Waals surface area (Å²) >= 11 is 0. The Morgan fingerprint density at radius 3 is 2.75 bits per heavy atom. The lowest BCUT2D eigenvalue weighted by atomic mass is 9.98. The van der Waals surface area contributed by atoms with E-state index in [1.54, 1.807) is 4.68 Å². The molecule has 2 aromatic rings. The van der Waals surface area contributed by atoms with Crippen LogP contribution in [0.1, 0.15) is 32.0 Å². The highest BCUT2D eigenvalue weighted by Crippen LogP contribution is 2.14. The van der Waals surface area contributed by atoms with Crippen LogP contribution in [0.5, 0.6) is 0 Å². The molecule has 0 aliphatic carbocycles. The van der Waals surface area contributed by atoms with Gasteiger partial charge < -0.3 is 5.73 Å². The van der Waals surface area contributed by atoms with Crippen LogP contribution in [0.2, 0.25) is 0 Å². The molecule has 2 rings (SSSR count). The lowest BCUT2D eigenvalue weighted by Gasteiger charge is -2.10. The lowest BCUT2D eigenvalue weighted by molar-refractivity contribution is -0.122. The molecule has 0 radical (unpaired) electrons. The number of amides is 1. The summed E-state index contributed by atoms with van der Waals surface area (Å²) in [6, 6.07) is 9.75. The minimum Gasteiger partial charge on any atom is -0.369 e. The van der Waals surface area contributed by atoms with Gasteiger partial charge in [0.15, 0.2) is 5.82 Å². The predicted molar refractivity (Wildman–Crippen MR) is 75.1 cm³/mol. The third kappa shape index (κ3) is 3.40. The molecule has 1 unspecified atom stereocenters. The number of tetrazole rings is 1. The molecule has 1 aromatic heterocycles. The fourth-order valence-electron chi connectivity index (χ4n) is 2.19. The molecule has 1 atom stereocenters. The third-order valence-corrected chi connectivity index (χ3v) is 3.38. The number of rotatable bonds is 7. The number of nitrogens with zero attached hydrogens (tertiary/aromatic N) is 4. The molecule has 0 bridgehead atoms. The number of aromatic nitrogens is 4. The molecule has 106 valence electrons. The number of carbonyl (C=O) groups excluding carboxylic acids is 1. The second-order valence-corrected chi connectivity index (χ2v) is 4.74. The summed E-state index contributed by atoms with van der Waals surface area (Å²) in [5.74, 6) is 0.515. The number of primary amides is 1. The first kappa shape index (κ1) is 14.2. The normalized spacial score (nSPS) is 12.2. The summed E-state index contributed by atoms with van der Waals surface area (Å²) in [6.07, 6.45) is 3.12. The van der Waals surface area contributed by atoms with Crippen LogP contribution in [0.3, 0.4) is 0 Å². The van der Waals surface area contributed by atoms with E-state index in [1.807, 2.05) is 37.3 Å². The Hall–Kier alpha value is -2.24. The van der Waals surface area contributed by atoms with Crippen LogP contribution in [0.25, 0.3) is 5.69 Å². The molecule has 1 aromatic carbocycles. The van der Waals surface area contributed by atoms with Crippen molar-refractivity contribution < 1.29 is 4.79 Å². The standard InChI is InChI=1S/C14H19N5O/c1-2-11(14(15)20)7-6-10-13-16-17-18-19(13)12-8-4-3-5-9-12/h3-5,8-9,11H,2,6-7,10H2,1H3,(H2,15,20). The number of nitrogens with two attached hydrogens (primary N) is 1. The molecule has 0 fully saturated rings. The van der Waals surface area contributed by atoms with Crippen molar-refractivity contribution >= 4 is 5.91 Å². The van der Waals surface area contributed by atoms with Crippen molar-refractivity contribution in [2.24, 2.45) is 11.7 Å². The monoisotopic (exact) mass is 273 g/mol. The molecule has 0 aliphatic rings. The maximum Gasteiger partial charge on any atom is 0.220 e. The molecule has 0 saturated heterocycles. The van der Waals surface area contributed by atoms with E-state index >= 15 is 0 Å². The van der Waals surface area contributed by atoms with E-state index in [4.69, 9.17) is 5.73 Å². The number of carbonyl (C=O) groups is 1. The van der Waals surface area contributed by atoms with Gasteiger partial charge in [-0.1, -0.05) is 25.1 Å². The van der Waals surface area contributed by atoms with E-state index in [9.17, 15) is 4.79 Å². The topological polar surface area (TPSA) is 86.7 Å². The molecule has 2 N–H and O–H groups in total. The quantitative estimate of drug-likeness (QED) is 0.828. The first-order chi connectivity index (χ1) is 9.72. The first-order valence-electron chi connectivity index (χ1n) is 6.84. The largest absolute Gasteiger partial charge is 0.369 e. The molecular formula is C14H19N5O. The van der Waals surface area contributed by atoms with Crippen molar-refractivity contribution in [3.05, 3.63) is 36.2 Å². The van der Waals surface area contributed by atoms with Crippen LogP contribution >= 0.6 is 0 Å². The number of hydrogen-bond donors (Lipinski definition) is 1. The van der Waals surface area contributed by atoms with Crippen LogP contribution in [-0.4, -0.2) is 26.1 Å². The van der Waals surface area contributed by atoms with Gasteiger partial charge in [-0.15, -0.1) is 5.10 Å². The summed E-state index contributed by atoms with van der Waals surface area (Å²) in [7, 11) is 0. The Labute approximate surface area is 118 Å². The van der Waals surface area contributed by atoms with E-state index in [-0.39, 0.29) is 11.8 Å². The third-order valence-electron chi connectivity index (χ3n) is 3.38. The summed E-state index contributed by atoms with van der Waals surface area (Å²) in [6.45, 7) is 1.98. The van der Waals surface area contributed by atoms with Gasteiger partial charge >= 0.3 is 0 Å². The number of para-hydroxylation sites is 1. The van der Waals surface area contributed by atoms with Crippen LogP contribution in [0, 0.1) is 5.92 Å². The molecular weight excluding hydrogens is 254 g/mol. The zero-order valence-electron chi connectivity index (χ0n) is 11.6. The van der Waals surface area contributed by atoms with Crippen molar-refractivity contribution in [2.75, 3.05) is 0 Å². The van der Waals surface area contributed by atoms with Gasteiger partial charge in [0.1, 0.15) is 0 Å². The minimum atomic E-state index is -0.227. The van der Waals surface area contributed by atoms with Gasteiger partial charge in [0.25, 0.3) is 0 Å². The Morgan fingerprint density at radius 2 is 2.10 bits per heavy atom. The van der Waals surface area contributed by atoms with Gasteiger partial charge in [-0.3, -0.25) is 4.79 Å². The van der Waals surface area contributed by atoms with Crippen LogP contribution in [-0.2, 0) is 11.2 Å². The maximum atomic E-state index is 11.2. The van der Waals surface area contributed by atoms with Gasteiger partial charge in [0.2, 0.25) is 5.91 Å².